The summed E-state index contributed by atoms with van der Waals surface area (Å²) in [7, 11) is 3.10. The van der Waals surface area contributed by atoms with Crippen molar-refractivity contribution >= 4 is 40.7 Å². The summed E-state index contributed by atoms with van der Waals surface area (Å²) in [5.74, 6) is 1.96. The second-order valence-corrected chi connectivity index (χ2v) is 9.55. The van der Waals surface area contributed by atoms with Crippen LogP contribution in [-0.4, -0.2) is 34.9 Å². The van der Waals surface area contributed by atoms with Gasteiger partial charge in [0.15, 0.2) is 0 Å². The first-order chi connectivity index (χ1) is 18.9. The van der Waals surface area contributed by atoms with E-state index in [-0.39, 0.29) is 12.5 Å². The van der Waals surface area contributed by atoms with Crippen molar-refractivity contribution < 1.29 is 19.0 Å². The predicted molar refractivity (Wildman–Crippen MR) is 150 cm³/mol. The summed E-state index contributed by atoms with van der Waals surface area (Å²) >= 11 is 12.3. The topological polar surface area (TPSA) is 99.5 Å². The molecule has 1 aromatic heterocycles. The third kappa shape index (κ3) is 5.50. The highest BCUT2D eigenvalue weighted by molar-refractivity contribution is 6.35. The molecule has 0 saturated carbocycles. The third-order valence-electron chi connectivity index (χ3n) is 6.30. The Kier molecular flexibility index (Phi) is 7.63. The van der Waals surface area contributed by atoms with Gasteiger partial charge in [-0.3, -0.25) is 4.79 Å². The number of anilines is 2. The lowest BCUT2D eigenvalue weighted by Gasteiger charge is -2.29. The molecule has 0 saturated heterocycles. The molecule has 4 aromatic rings. The molecule has 9 nitrogen and oxygen atoms in total. The number of hydrogen-bond acceptors (Lipinski definition) is 7. The molecule has 1 aliphatic rings. The normalized spacial score (nSPS) is 14.3. The van der Waals surface area contributed by atoms with Crippen LogP contribution in [0.2, 0.25) is 10.0 Å². The zero-order valence-corrected chi connectivity index (χ0v) is 22.9. The number of methoxy groups -OCH3 is 2. The van der Waals surface area contributed by atoms with Crippen molar-refractivity contribution in [3.63, 3.8) is 0 Å². The van der Waals surface area contributed by atoms with Crippen molar-refractivity contribution in [2.75, 3.05) is 24.9 Å². The summed E-state index contributed by atoms with van der Waals surface area (Å²) in [5, 5.41) is 11.6. The van der Waals surface area contributed by atoms with E-state index < -0.39 is 6.04 Å². The van der Waals surface area contributed by atoms with Gasteiger partial charge < -0.3 is 24.8 Å². The molecule has 0 spiro atoms. The van der Waals surface area contributed by atoms with E-state index in [9.17, 15) is 4.79 Å². The average Bonchev–Trinajstić information content (AvgIpc) is 3.40. The Labute approximate surface area is 235 Å². The van der Waals surface area contributed by atoms with E-state index in [0.29, 0.717) is 50.2 Å². The molecule has 0 fully saturated rings. The molecule has 0 aliphatic carbocycles. The minimum absolute atomic E-state index is 0.284. The Morgan fingerprint density at radius 3 is 2.51 bits per heavy atom. The van der Waals surface area contributed by atoms with Crippen LogP contribution >= 0.6 is 23.2 Å². The molecule has 39 heavy (non-hydrogen) atoms. The first-order valence-corrected chi connectivity index (χ1v) is 12.7. The number of fused-ring (bicyclic) bond motifs is 1. The lowest BCUT2D eigenvalue weighted by atomic mass is 9.95. The molecule has 1 amide bonds. The van der Waals surface area contributed by atoms with Crippen LogP contribution in [0.15, 0.2) is 78.3 Å². The van der Waals surface area contributed by atoms with Crippen LogP contribution in [0.1, 0.15) is 24.1 Å². The minimum atomic E-state index is -0.534. The van der Waals surface area contributed by atoms with E-state index in [1.165, 1.54) is 13.4 Å². The van der Waals surface area contributed by atoms with Crippen LogP contribution in [0.3, 0.4) is 0 Å². The summed E-state index contributed by atoms with van der Waals surface area (Å²) in [5.41, 5.74) is 3.29. The van der Waals surface area contributed by atoms with Crippen LogP contribution in [0.5, 0.6) is 17.2 Å². The van der Waals surface area contributed by atoms with Gasteiger partial charge in [0.1, 0.15) is 36.2 Å². The molecule has 1 unspecified atom stereocenters. The van der Waals surface area contributed by atoms with Crippen molar-refractivity contribution in [2.24, 2.45) is 0 Å². The van der Waals surface area contributed by atoms with Crippen LogP contribution in [0.4, 0.5) is 11.6 Å². The van der Waals surface area contributed by atoms with Gasteiger partial charge in [-0.15, -0.1) is 0 Å². The fourth-order valence-electron chi connectivity index (χ4n) is 4.33. The summed E-state index contributed by atoms with van der Waals surface area (Å²) in [6, 6.07) is 17.4. The van der Waals surface area contributed by atoms with Gasteiger partial charge in [-0.05, 0) is 48.9 Å². The monoisotopic (exact) mass is 565 g/mol. The maximum atomic E-state index is 13.7. The number of benzene rings is 3. The maximum absolute atomic E-state index is 13.7. The third-order valence-corrected chi connectivity index (χ3v) is 6.89. The molecule has 3 aromatic carbocycles. The highest BCUT2D eigenvalue weighted by Crippen LogP contribution is 2.37. The van der Waals surface area contributed by atoms with E-state index in [1.54, 1.807) is 42.1 Å². The number of nitrogens with zero attached hydrogens (tertiary/aromatic N) is 3. The smallest absolute Gasteiger partial charge is 0.255 e. The molecular formula is C28H25Cl2N5O4. The van der Waals surface area contributed by atoms with Gasteiger partial charge in [0.05, 0.1) is 25.5 Å². The molecular weight excluding hydrogens is 541 g/mol. The van der Waals surface area contributed by atoms with Gasteiger partial charge in [0, 0.05) is 27.4 Å². The van der Waals surface area contributed by atoms with Crippen LogP contribution in [-0.2, 0) is 11.4 Å². The Hall–Kier alpha value is -4.21. The predicted octanol–water partition coefficient (Wildman–Crippen LogP) is 6.11. The van der Waals surface area contributed by atoms with Gasteiger partial charge in [-0.25, -0.2) is 4.68 Å². The number of nitrogens with one attached hydrogen (secondary N) is 2. The van der Waals surface area contributed by atoms with Crippen molar-refractivity contribution in [2.45, 2.75) is 19.6 Å². The molecule has 1 atom stereocenters. The molecule has 11 heteroatoms. The number of aromatic nitrogens is 3. The SMILES string of the molecule is COc1ccc(NC(=O)C2=C(C)Nc3ncnn3C2c2ccc(OCc3ccc(Cl)cc3Cl)cc2)c(OC)c1. The number of rotatable bonds is 8. The lowest BCUT2D eigenvalue weighted by molar-refractivity contribution is -0.113. The number of ether oxygens (including phenoxy) is 3. The standard InChI is InChI=1S/C28H25Cl2N5O4/c1-16-25(27(36)34-23-11-10-21(37-2)13-24(23)38-3)26(35-28(33-16)31-15-32-35)17-5-8-20(9-6-17)39-14-18-4-7-19(29)12-22(18)30/h4-13,15,26H,14H2,1-3H3,(H,34,36)(H,31,32,33). The van der Waals surface area contributed by atoms with Crippen LogP contribution in [0, 0.1) is 0 Å². The van der Waals surface area contributed by atoms with Crippen molar-refractivity contribution in [3.8, 4) is 17.2 Å². The van der Waals surface area contributed by atoms with Gasteiger partial charge in [-0.2, -0.15) is 10.1 Å². The summed E-state index contributed by atoms with van der Waals surface area (Å²) < 4.78 is 18.3. The minimum Gasteiger partial charge on any atom is -0.497 e. The number of halogens is 2. The molecule has 0 bridgehead atoms. The summed E-state index contributed by atoms with van der Waals surface area (Å²) in [4.78, 5) is 18.0. The second-order valence-electron chi connectivity index (χ2n) is 8.71. The zero-order chi connectivity index (χ0) is 27.5. The number of allylic oxidation sites excluding steroid dienone is 1. The van der Waals surface area contributed by atoms with E-state index in [4.69, 9.17) is 37.4 Å². The van der Waals surface area contributed by atoms with Crippen molar-refractivity contribution in [3.05, 3.63) is 99.4 Å². The average molecular weight is 566 g/mol. The van der Waals surface area contributed by atoms with Crippen LogP contribution < -0.4 is 24.8 Å². The lowest BCUT2D eigenvalue weighted by Crippen LogP contribution is -2.31. The van der Waals surface area contributed by atoms with Gasteiger partial charge >= 0.3 is 0 Å². The molecule has 2 heterocycles. The number of carbonyl (C=O) groups is 1. The van der Waals surface area contributed by atoms with Gasteiger partial charge in [0.25, 0.3) is 5.91 Å². The zero-order valence-electron chi connectivity index (χ0n) is 21.4. The molecule has 1 aliphatic heterocycles. The Morgan fingerprint density at radius 1 is 1.03 bits per heavy atom. The maximum Gasteiger partial charge on any atom is 0.255 e. The molecule has 5 rings (SSSR count). The van der Waals surface area contributed by atoms with Gasteiger partial charge in [-0.1, -0.05) is 41.4 Å². The fraction of sp³-hybridized carbons (Fsp3) is 0.179. The number of hydrogen-bond donors (Lipinski definition) is 2. The van der Waals surface area contributed by atoms with Crippen molar-refractivity contribution in [1.82, 2.24) is 14.8 Å². The van der Waals surface area contributed by atoms with Gasteiger partial charge in [0.2, 0.25) is 5.95 Å². The van der Waals surface area contributed by atoms with E-state index in [2.05, 4.69) is 20.7 Å². The molecule has 200 valence electrons. The first kappa shape index (κ1) is 26.4. The summed E-state index contributed by atoms with van der Waals surface area (Å²) in [6.45, 7) is 2.12. The van der Waals surface area contributed by atoms with E-state index in [0.717, 1.165) is 11.1 Å². The molecule has 0 radical (unpaired) electrons. The fourth-order valence-corrected chi connectivity index (χ4v) is 4.79. The second kappa shape index (κ2) is 11.3. The van der Waals surface area contributed by atoms with Crippen molar-refractivity contribution in [1.29, 1.82) is 0 Å². The highest BCUT2D eigenvalue weighted by atomic mass is 35.5. The number of amides is 1. The Balaban J connectivity index is 1.41. The highest BCUT2D eigenvalue weighted by Gasteiger charge is 2.33. The first-order valence-electron chi connectivity index (χ1n) is 11.9. The summed E-state index contributed by atoms with van der Waals surface area (Å²) in [6.07, 6.45) is 1.45. The van der Waals surface area contributed by atoms with Crippen LogP contribution in [0.25, 0.3) is 0 Å². The van der Waals surface area contributed by atoms with E-state index in [1.807, 2.05) is 37.3 Å². The number of carbonyl (C=O) groups excluding carboxylic acids is 1. The molecule has 2 N–H and O–H groups in total. The van der Waals surface area contributed by atoms with E-state index >= 15 is 0 Å². The Bertz CT molecular complexity index is 1550. The largest absolute Gasteiger partial charge is 0.497 e. The Morgan fingerprint density at radius 2 is 1.79 bits per heavy atom. The quantitative estimate of drug-likeness (QED) is 0.266.